The Morgan fingerprint density at radius 2 is 1.61 bits per heavy atom. The molecule has 5 fully saturated rings. The Kier molecular flexibility index (Phi) is 8.41. The van der Waals surface area contributed by atoms with Gasteiger partial charge in [0.25, 0.3) is 0 Å². The third-order valence-electron chi connectivity index (χ3n) is 11.5. The molecule has 3 heterocycles. The molecule has 5 aliphatic rings. The van der Waals surface area contributed by atoms with E-state index in [1.165, 1.54) is 44.9 Å². The number of aliphatic hydroxyl groups is 1. The third kappa shape index (κ3) is 4.92. The lowest BCUT2D eigenvalue weighted by Gasteiger charge is -2.60. The van der Waals surface area contributed by atoms with Crippen molar-refractivity contribution in [1.29, 1.82) is 0 Å². The summed E-state index contributed by atoms with van der Waals surface area (Å²) in [6.45, 7) is 9.90. The van der Waals surface area contributed by atoms with E-state index in [4.69, 9.17) is 0 Å². The number of aliphatic hydroxyl groups excluding tert-OH is 1. The van der Waals surface area contributed by atoms with Crippen LogP contribution < -0.4 is 5.32 Å². The minimum atomic E-state index is -3.41. The highest BCUT2D eigenvalue weighted by atomic mass is 32.2. The monoisotopic (exact) mass is 524 g/mol. The van der Waals surface area contributed by atoms with Crippen molar-refractivity contribution in [2.75, 3.05) is 39.8 Å². The van der Waals surface area contributed by atoms with Gasteiger partial charge in [-0.15, -0.1) is 0 Å². The molecule has 0 amide bonds. The average molecular weight is 525 g/mol. The summed E-state index contributed by atoms with van der Waals surface area (Å²) in [5.41, 5.74) is 0. The van der Waals surface area contributed by atoms with E-state index in [-0.39, 0.29) is 24.9 Å². The summed E-state index contributed by atoms with van der Waals surface area (Å²) in [6, 6.07) is 0.466. The normalized spacial score (nSPS) is 46.0. The second-order valence-corrected chi connectivity index (χ2v) is 15.1. The standard InChI is InChI=1S/C28H52N4O3S/c1-19-8-7-9-24(20(19)2)22-10-12-23(13-11-22)28-25-17-31(14-5-6-15-32(25)26(28)18-33)36(34,35)27-16-29-21(3)30(27)4/h19-29,33H,5-18H2,1-4H3/t19?,20?,21?,22?,23?,24?,25?,26-,27?,28+/m1/s1. The molecular formula is C28H52N4O3S. The highest BCUT2D eigenvalue weighted by Crippen LogP contribution is 2.50. The van der Waals surface area contributed by atoms with Crippen LogP contribution in [0.2, 0.25) is 0 Å². The van der Waals surface area contributed by atoms with Crippen LogP contribution in [0.1, 0.15) is 78.6 Å². The van der Waals surface area contributed by atoms with Crippen molar-refractivity contribution >= 4 is 10.0 Å². The van der Waals surface area contributed by atoms with E-state index in [2.05, 4.69) is 24.1 Å². The molecule has 7 nitrogen and oxygen atoms in total. The van der Waals surface area contributed by atoms with Gasteiger partial charge in [0, 0.05) is 31.7 Å². The lowest BCUT2D eigenvalue weighted by atomic mass is 9.60. The number of sulfonamides is 1. The molecule has 3 saturated heterocycles. The van der Waals surface area contributed by atoms with Crippen molar-refractivity contribution in [2.24, 2.45) is 35.5 Å². The molecule has 2 saturated carbocycles. The van der Waals surface area contributed by atoms with Crippen LogP contribution in [0.3, 0.4) is 0 Å². The quantitative estimate of drug-likeness (QED) is 0.576. The Morgan fingerprint density at radius 1 is 0.917 bits per heavy atom. The summed E-state index contributed by atoms with van der Waals surface area (Å²) < 4.78 is 29.4. The zero-order valence-corrected chi connectivity index (χ0v) is 24.0. The van der Waals surface area contributed by atoms with E-state index in [9.17, 15) is 13.5 Å². The largest absolute Gasteiger partial charge is 0.395 e. The molecule has 2 aliphatic carbocycles. The van der Waals surface area contributed by atoms with Gasteiger partial charge < -0.3 is 5.11 Å². The van der Waals surface area contributed by atoms with Crippen molar-refractivity contribution in [3.8, 4) is 0 Å². The highest BCUT2D eigenvalue weighted by molar-refractivity contribution is 7.89. The van der Waals surface area contributed by atoms with Gasteiger partial charge in [0.05, 0.1) is 12.8 Å². The minimum Gasteiger partial charge on any atom is -0.395 e. The molecule has 2 N–H and O–H groups in total. The number of nitrogens with one attached hydrogen (secondary N) is 1. The van der Waals surface area contributed by atoms with Crippen LogP contribution >= 0.6 is 0 Å². The number of hydrogen-bond donors (Lipinski definition) is 2. The van der Waals surface area contributed by atoms with E-state index in [0.717, 1.165) is 43.1 Å². The molecule has 0 radical (unpaired) electrons. The van der Waals surface area contributed by atoms with Gasteiger partial charge in [-0.1, -0.05) is 26.7 Å². The van der Waals surface area contributed by atoms with Gasteiger partial charge in [0.2, 0.25) is 10.0 Å². The molecule has 0 spiro atoms. The third-order valence-corrected chi connectivity index (χ3v) is 13.7. The van der Waals surface area contributed by atoms with Gasteiger partial charge in [0.1, 0.15) is 5.37 Å². The summed E-state index contributed by atoms with van der Waals surface area (Å²) in [7, 11) is -1.49. The van der Waals surface area contributed by atoms with Crippen LogP contribution in [0.25, 0.3) is 0 Å². The summed E-state index contributed by atoms with van der Waals surface area (Å²) in [5, 5.41) is 13.2. The maximum absolute atomic E-state index is 13.8. The zero-order valence-electron chi connectivity index (χ0n) is 23.2. The summed E-state index contributed by atoms with van der Waals surface area (Å²) in [5.74, 6) is 4.51. The van der Waals surface area contributed by atoms with Crippen LogP contribution in [-0.2, 0) is 10.0 Å². The summed E-state index contributed by atoms with van der Waals surface area (Å²) in [6.07, 6.45) is 11.4. The van der Waals surface area contributed by atoms with E-state index in [1.807, 2.05) is 23.2 Å². The minimum absolute atomic E-state index is 0.0799. The molecule has 0 aromatic rings. The predicted molar refractivity (Wildman–Crippen MR) is 145 cm³/mol. The molecule has 8 heteroatoms. The van der Waals surface area contributed by atoms with Crippen molar-refractivity contribution in [3.63, 3.8) is 0 Å². The number of hydrogen-bond acceptors (Lipinski definition) is 6. The molecule has 8 atom stereocenters. The molecule has 3 aliphatic heterocycles. The summed E-state index contributed by atoms with van der Waals surface area (Å²) in [4.78, 5) is 4.43. The van der Waals surface area contributed by atoms with Gasteiger partial charge in [0.15, 0.2) is 0 Å². The topological polar surface area (TPSA) is 76.1 Å². The number of likely N-dealkylation sites (N-methyl/N-ethyl adjacent to an activating group) is 1. The molecule has 6 unspecified atom stereocenters. The zero-order chi connectivity index (χ0) is 25.6. The van der Waals surface area contributed by atoms with E-state index >= 15 is 0 Å². The average Bonchev–Trinajstić information content (AvgIpc) is 3.19. The Bertz CT molecular complexity index is 848. The molecule has 208 valence electrons. The molecular weight excluding hydrogens is 472 g/mol. The fourth-order valence-corrected chi connectivity index (χ4v) is 10.9. The first-order chi connectivity index (χ1) is 17.2. The first-order valence-corrected chi connectivity index (χ1v) is 16.5. The second kappa shape index (κ2) is 11.1. The predicted octanol–water partition coefficient (Wildman–Crippen LogP) is 3.16. The van der Waals surface area contributed by atoms with Crippen molar-refractivity contribution < 1.29 is 13.5 Å². The fraction of sp³-hybridized carbons (Fsp3) is 1.00. The molecule has 5 rings (SSSR count). The molecule has 0 aromatic carbocycles. The number of fused-ring (bicyclic) bond motifs is 1. The van der Waals surface area contributed by atoms with Gasteiger partial charge in [-0.05, 0) is 101 Å². The van der Waals surface area contributed by atoms with Crippen LogP contribution in [0.4, 0.5) is 0 Å². The van der Waals surface area contributed by atoms with Crippen LogP contribution in [0.5, 0.6) is 0 Å². The first-order valence-electron chi connectivity index (χ1n) is 15.0. The lowest BCUT2D eigenvalue weighted by Crippen LogP contribution is -2.71. The molecule has 0 bridgehead atoms. The van der Waals surface area contributed by atoms with Gasteiger partial charge >= 0.3 is 0 Å². The van der Waals surface area contributed by atoms with Gasteiger partial charge in [-0.2, -0.15) is 4.31 Å². The van der Waals surface area contributed by atoms with Crippen LogP contribution in [0.15, 0.2) is 0 Å². The first kappa shape index (κ1) is 27.3. The van der Waals surface area contributed by atoms with E-state index in [0.29, 0.717) is 31.5 Å². The van der Waals surface area contributed by atoms with Crippen molar-refractivity contribution in [2.45, 2.75) is 102 Å². The summed E-state index contributed by atoms with van der Waals surface area (Å²) >= 11 is 0. The Morgan fingerprint density at radius 3 is 2.28 bits per heavy atom. The van der Waals surface area contributed by atoms with Crippen LogP contribution in [0, 0.1) is 35.5 Å². The molecule has 0 aromatic heterocycles. The van der Waals surface area contributed by atoms with E-state index < -0.39 is 15.4 Å². The van der Waals surface area contributed by atoms with Gasteiger partial charge in [-0.3, -0.25) is 15.1 Å². The number of nitrogens with zero attached hydrogens (tertiary/aromatic N) is 3. The maximum Gasteiger partial charge on any atom is 0.231 e. The van der Waals surface area contributed by atoms with Gasteiger partial charge in [-0.25, -0.2) is 8.42 Å². The smallest absolute Gasteiger partial charge is 0.231 e. The highest BCUT2D eigenvalue weighted by Gasteiger charge is 2.54. The SMILES string of the molecule is CC1CCCC(C2CCC([C@H]3C4CN(S(=O)(=O)C5CNC(C)N5C)CCCCN4[C@@H]3CO)CC2)C1C. The second-order valence-electron chi connectivity index (χ2n) is 13.1. The number of rotatable bonds is 5. The Hall–Kier alpha value is -0.250. The fourth-order valence-electron chi connectivity index (χ4n) is 8.91. The Labute approximate surface area is 220 Å². The molecule has 36 heavy (non-hydrogen) atoms. The van der Waals surface area contributed by atoms with Crippen LogP contribution in [-0.4, -0.2) is 91.1 Å². The van der Waals surface area contributed by atoms with Crippen molar-refractivity contribution in [3.05, 3.63) is 0 Å². The maximum atomic E-state index is 13.8. The van der Waals surface area contributed by atoms with Crippen molar-refractivity contribution in [1.82, 2.24) is 19.4 Å². The Balaban J connectivity index is 1.27. The van der Waals surface area contributed by atoms with E-state index in [1.54, 1.807) is 0 Å². The lowest BCUT2D eigenvalue weighted by molar-refractivity contribution is -0.123.